The van der Waals surface area contributed by atoms with Gasteiger partial charge in [0, 0.05) is 39.7 Å². The van der Waals surface area contributed by atoms with Crippen LogP contribution in [0.1, 0.15) is 28.7 Å². The van der Waals surface area contributed by atoms with Gasteiger partial charge in [0.2, 0.25) is 0 Å². The number of rotatable bonds is 6. The van der Waals surface area contributed by atoms with Crippen molar-refractivity contribution in [2.75, 3.05) is 9.80 Å². The zero-order valence-electron chi connectivity index (χ0n) is 31.6. The Morgan fingerprint density at radius 1 is 0.310 bits per heavy atom. The summed E-state index contributed by atoms with van der Waals surface area (Å²) in [5.41, 5.74) is 14.9. The molecule has 5 nitrogen and oxygen atoms in total. The molecule has 58 heavy (non-hydrogen) atoms. The lowest BCUT2D eigenvalue weighted by Crippen LogP contribution is -2.22. The van der Waals surface area contributed by atoms with E-state index in [1.54, 1.807) is 0 Å². The van der Waals surface area contributed by atoms with Gasteiger partial charge in [0.15, 0.2) is 17.5 Å². The highest BCUT2D eigenvalue weighted by atomic mass is 15.2. The smallest absolute Gasteiger partial charge is 0.164 e. The molecule has 0 saturated carbocycles. The molecule has 9 aromatic rings. The molecule has 2 unspecified atom stereocenters. The van der Waals surface area contributed by atoms with Gasteiger partial charge in [-0.2, -0.15) is 0 Å². The fourth-order valence-electron chi connectivity index (χ4n) is 8.89. The topological polar surface area (TPSA) is 45.2 Å². The van der Waals surface area contributed by atoms with E-state index in [2.05, 4.69) is 161 Å². The molecule has 0 aliphatic carbocycles. The molecule has 0 saturated heterocycles. The molecule has 0 bridgehead atoms. The molecule has 0 spiro atoms. The molecule has 0 radical (unpaired) electrons. The van der Waals surface area contributed by atoms with Crippen LogP contribution in [-0.2, 0) is 0 Å². The van der Waals surface area contributed by atoms with Gasteiger partial charge in [0.05, 0.1) is 17.4 Å². The second-order valence-electron chi connectivity index (χ2n) is 14.8. The summed E-state index contributed by atoms with van der Waals surface area (Å²) in [5, 5.41) is 0. The van der Waals surface area contributed by atoms with E-state index in [4.69, 9.17) is 15.0 Å². The Labute approximate surface area is 338 Å². The zero-order chi connectivity index (χ0) is 38.4. The number of para-hydroxylation sites is 4. The molecule has 1 aromatic heterocycles. The van der Waals surface area contributed by atoms with Gasteiger partial charge in [-0.3, -0.25) is 0 Å². The van der Waals surface area contributed by atoms with Crippen LogP contribution in [0.2, 0.25) is 0 Å². The summed E-state index contributed by atoms with van der Waals surface area (Å²) in [6.07, 6.45) is 0. The van der Waals surface area contributed by atoms with Crippen molar-refractivity contribution in [1.82, 2.24) is 15.0 Å². The lowest BCUT2D eigenvalue weighted by atomic mass is 9.84. The zero-order valence-corrected chi connectivity index (χ0v) is 31.6. The van der Waals surface area contributed by atoms with Gasteiger partial charge in [-0.05, 0) is 76.3 Å². The second-order valence-corrected chi connectivity index (χ2v) is 14.8. The molecule has 0 fully saturated rings. The third-order valence-electron chi connectivity index (χ3n) is 11.4. The lowest BCUT2D eigenvalue weighted by molar-refractivity contribution is 0.665. The highest BCUT2D eigenvalue weighted by Crippen LogP contribution is 2.61. The van der Waals surface area contributed by atoms with Crippen LogP contribution in [0.4, 0.5) is 28.4 Å². The summed E-state index contributed by atoms with van der Waals surface area (Å²) in [5.74, 6) is 2.04. The van der Waals surface area contributed by atoms with E-state index in [1.165, 1.54) is 33.8 Å². The Balaban J connectivity index is 1.04. The molecule has 274 valence electrons. The van der Waals surface area contributed by atoms with E-state index in [0.29, 0.717) is 17.5 Å². The van der Waals surface area contributed by atoms with Crippen molar-refractivity contribution in [2.45, 2.75) is 12.0 Å². The number of hydrogen-bond acceptors (Lipinski definition) is 5. The Bertz CT molecular complexity index is 2870. The first-order chi connectivity index (χ1) is 28.8. The molecule has 2 atom stereocenters. The Morgan fingerprint density at radius 2 is 0.724 bits per heavy atom. The number of anilines is 5. The quantitative estimate of drug-likeness (QED) is 0.170. The average Bonchev–Trinajstić information content (AvgIpc) is 3.59. The van der Waals surface area contributed by atoms with Crippen molar-refractivity contribution in [3.63, 3.8) is 0 Å². The summed E-state index contributed by atoms with van der Waals surface area (Å²) >= 11 is 0. The average molecular weight is 744 g/mol. The van der Waals surface area contributed by atoms with Crippen molar-refractivity contribution >= 4 is 28.4 Å². The molecule has 11 rings (SSSR count). The van der Waals surface area contributed by atoms with E-state index in [0.717, 1.165) is 39.2 Å². The van der Waals surface area contributed by atoms with Crippen molar-refractivity contribution in [3.8, 4) is 45.3 Å². The SMILES string of the molecule is c1ccc(-c2nc(-c3ccccc3)nc(-c3cccc(-c4cccc(N5c6ccccc6C6c7ccccc7N(c7ccccc7)c7ccccc7C65)c4)c3)n2)cc1. The van der Waals surface area contributed by atoms with Crippen LogP contribution < -0.4 is 9.80 Å². The van der Waals surface area contributed by atoms with Crippen molar-refractivity contribution in [1.29, 1.82) is 0 Å². The first-order valence-corrected chi connectivity index (χ1v) is 19.8. The predicted octanol–water partition coefficient (Wildman–Crippen LogP) is 13.3. The van der Waals surface area contributed by atoms with Gasteiger partial charge in [0.25, 0.3) is 0 Å². The van der Waals surface area contributed by atoms with Crippen LogP contribution in [0.15, 0.2) is 212 Å². The summed E-state index contributed by atoms with van der Waals surface area (Å²) in [6.45, 7) is 0. The summed E-state index contributed by atoms with van der Waals surface area (Å²) in [4.78, 5) is 20.0. The van der Waals surface area contributed by atoms with E-state index in [1.807, 2.05) is 60.7 Å². The maximum Gasteiger partial charge on any atom is 0.164 e. The lowest BCUT2D eigenvalue weighted by Gasteiger charge is -2.32. The normalized spacial score (nSPS) is 15.2. The highest BCUT2D eigenvalue weighted by Gasteiger charge is 2.45. The van der Waals surface area contributed by atoms with E-state index in [-0.39, 0.29) is 12.0 Å². The monoisotopic (exact) mass is 743 g/mol. The van der Waals surface area contributed by atoms with E-state index in [9.17, 15) is 0 Å². The van der Waals surface area contributed by atoms with Gasteiger partial charge in [-0.15, -0.1) is 0 Å². The number of aromatic nitrogens is 3. The third kappa shape index (κ3) is 5.75. The Hall–Kier alpha value is -7.63. The first kappa shape index (κ1) is 33.7. The maximum absolute atomic E-state index is 5.03. The molecule has 5 heteroatoms. The van der Waals surface area contributed by atoms with Crippen molar-refractivity contribution in [2.24, 2.45) is 0 Å². The second kappa shape index (κ2) is 14.1. The van der Waals surface area contributed by atoms with E-state index >= 15 is 0 Å². The molecule has 2 aliphatic rings. The minimum atomic E-state index is 0.0167. The number of hydrogen-bond donors (Lipinski definition) is 0. The highest BCUT2D eigenvalue weighted by molar-refractivity contribution is 5.88. The molecule has 8 aromatic carbocycles. The number of benzene rings is 8. The van der Waals surface area contributed by atoms with Crippen molar-refractivity contribution < 1.29 is 0 Å². The molecule has 0 N–H and O–H groups in total. The fraction of sp³-hybridized carbons (Fsp3) is 0.0377. The number of fused-ring (bicyclic) bond motifs is 7. The summed E-state index contributed by atoms with van der Waals surface area (Å²) in [7, 11) is 0. The minimum absolute atomic E-state index is 0.0167. The predicted molar refractivity (Wildman–Crippen MR) is 236 cm³/mol. The van der Waals surface area contributed by atoms with Crippen LogP contribution in [0.3, 0.4) is 0 Å². The van der Waals surface area contributed by atoms with E-state index < -0.39 is 0 Å². The standard InChI is InChI=1S/C53H37N5/c1-4-18-36(19-5-1)51-54-52(37-20-6-2-7-21-37)56-53(55-51)40-24-16-22-38(34-40)39-23-17-27-42(35-39)58-47-32-14-11-29-44(47)49-43-28-10-13-31-46(43)57(41-25-8-3-9-26-41)48-33-15-12-30-45(48)50(49)58/h1-35,49-50H. The van der Waals surface area contributed by atoms with Gasteiger partial charge in [0.1, 0.15) is 0 Å². The largest absolute Gasteiger partial charge is 0.333 e. The number of nitrogens with zero attached hydrogens (tertiary/aromatic N) is 5. The Morgan fingerprint density at radius 3 is 1.36 bits per heavy atom. The molecular weight excluding hydrogens is 707 g/mol. The van der Waals surface area contributed by atoms with Crippen LogP contribution in [0, 0.1) is 0 Å². The van der Waals surface area contributed by atoms with Crippen LogP contribution in [-0.4, -0.2) is 15.0 Å². The third-order valence-corrected chi connectivity index (χ3v) is 11.4. The van der Waals surface area contributed by atoms with Crippen molar-refractivity contribution in [3.05, 3.63) is 229 Å². The summed E-state index contributed by atoms with van der Waals surface area (Å²) < 4.78 is 0. The first-order valence-electron chi connectivity index (χ1n) is 19.8. The van der Waals surface area contributed by atoms with Gasteiger partial charge in [-0.25, -0.2) is 15.0 Å². The van der Waals surface area contributed by atoms with Gasteiger partial charge in [-0.1, -0.05) is 164 Å². The minimum Gasteiger partial charge on any atom is -0.333 e. The van der Waals surface area contributed by atoms with Gasteiger partial charge < -0.3 is 9.80 Å². The van der Waals surface area contributed by atoms with Crippen LogP contribution in [0.5, 0.6) is 0 Å². The maximum atomic E-state index is 5.03. The Kier molecular flexibility index (Phi) is 8.21. The molecule has 3 heterocycles. The van der Waals surface area contributed by atoms with Crippen LogP contribution in [0.25, 0.3) is 45.3 Å². The van der Waals surface area contributed by atoms with Gasteiger partial charge >= 0.3 is 0 Å². The van der Waals surface area contributed by atoms with Crippen LogP contribution >= 0.6 is 0 Å². The molecule has 0 amide bonds. The fourth-order valence-corrected chi connectivity index (χ4v) is 8.89. The molecule has 2 aliphatic heterocycles. The molecular formula is C53H37N5. The summed E-state index contributed by atoms with van der Waals surface area (Å²) in [6, 6.07) is 75.4.